The van der Waals surface area contributed by atoms with Gasteiger partial charge in [0.1, 0.15) is 0 Å². The monoisotopic (exact) mass is 349 g/mol. The predicted molar refractivity (Wildman–Crippen MR) is 95.5 cm³/mol. The van der Waals surface area contributed by atoms with Crippen LogP contribution in [0.25, 0.3) is 0 Å². The summed E-state index contributed by atoms with van der Waals surface area (Å²) in [6.45, 7) is 7.73. The Morgan fingerprint density at radius 1 is 1.13 bits per heavy atom. The highest BCUT2D eigenvalue weighted by molar-refractivity contribution is 7.89. The smallest absolute Gasteiger partial charge is 0.207 e. The quantitative estimate of drug-likeness (QED) is 0.869. The first-order chi connectivity index (χ1) is 10.8. The SMILES string of the molecule is Cc1cc(C)c(C)c(S(=O)(=O)N[C@@H](c2cccs2)C2CC2)c1C. The van der Waals surface area contributed by atoms with Gasteiger partial charge in [-0.05, 0) is 80.2 Å². The molecule has 1 fully saturated rings. The van der Waals surface area contributed by atoms with Gasteiger partial charge in [0.15, 0.2) is 0 Å². The molecule has 0 unspecified atom stereocenters. The third-order valence-electron chi connectivity index (χ3n) is 4.79. The molecule has 1 aliphatic rings. The molecule has 1 N–H and O–H groups in total. The van der Waals surface area contributed by atoms with Crippen molar-refractivity contribution in [2.45, 2.75) is 51.5 Å². The van der Waals surface area contributed by atoms with Crippen molar-refractivity contribution in [3.8, 4) is 0 Å². The third kappa shape index (κ3) is 3.23. The van der Waals surface area contributed by atoms with Crippen LogP contribution in [0.2, 0.25) is 0 Å². The number of benzene rings is 1. The summed E-state index contributed by atoms with van der Waals surface area (Å²) in [5.74, 6) is 0.426. The number of hydrogen-bond donors (Lipinski definition) is 1. The lowest BCUT2D eigenvalue weighted by Crippen LogP contribution is -2.31. The minimum absolute atomic E-state index is 0.0976. The first-order valence-corrected chi connectivity index (χ1v) is 10.3. The summed E-state index contributed by atoms with van der Waals surface area (Å²) in [6, 6.07) is 5.97. The summed E-state index contributed by atoms with van der Waals surface area (Å²) < 4.78 is 29.2. The van der Waals surface area contributed by atoms with Crippen molar-refractivity contribution in [1.29, 1.82) is 0 Å². The van der Waals surface area contributed by atoms with Crippen LogP contribution in [0.3, 0.4) is 0 Å². The van der Waals surface area contributed by atoms with Crippen molar-refractivity contribution in [3.63, 3.8) is 0 Å². The van der Waals surface area contributed by atoms with E-state index in [4.69, 9.17) is 0 Å². The predicted octanol–water partition coefficient (Wildman–Crippen LogP) is 4.41. The highest BCUT2D eigenvalue weighted by Crippen LogP contribution is 2.43. The zero-order valence-electron chi connectivity index (χ0n) is 14.0. The molecule has 5 heteroatoms. The third-order valence-corrected chi connectivity index (χ3v) is 7.46. The summed E-state index contributed by atoms with van der Waals surface area (Å²) in [5.41, 5.74) is 3.74. The van der Waals surface area contributed by atoms with E-state index in [9.17, 15) is 8.42 Å². The molecule has 3 nitrogen and oxygen atoms in total. The second-order valence-electron chi connectivity index (χ2n) is 6.54. The Balaban J connectivity index is 2.02. The molecule has 0 bridgehead atoms. The molecular weight excluding hydrogens is 326 g/mol. The van der Waals surface area contributed by atoms with Crippen molar-refractivity contribution in [3.05, 3.63) is 50.7 Å². The lowest BCUT2D eigenvalue weighted by molar-refractivity contribution is 0.532. The van der Waals surface area contributed by atoms with Gasteiger partial charge in [-0.15, -0.1) is 11.3 Å². The standard InChI is InChI=1S/C18H23NO2S2/c1-11-10-12(2)14(4)18(13(11)3)23(20,21)19-17(15-7-8-15)16-6-5-9-22-16/h5-6,9-10,15,17,19H,7-8H2,1-4H3/t17-/m1/s1. The molecule has 1 heterocycles. The molecule has 23 heavy (non-hydrogen) atoms. The van der Waals surface area contributed by atoms with E-state index in [0.717, 1.165) is 40.0 Å². The number of sulfonamides is 1. The average molecular weight is 350 g/mol. The van der Waals surface area contributed by atoms with Crippen LogP contribution in [0.1, 0.15) is 46.0 Å². The Kier molecular flexibility index (Phi) is 4.38. The van der Waals surface area contributed by atoms with Gasteiger partial charge in [-0.1, -0.05) is 12.1 Å². The van der Waals surface area contributed by atoms with Gasteiger partial charge in [0.05, 0.1) is 10.9 Å². The van der Waals surface area contributed by atoms with Gasteiger partial charge in [-0.3, -0.25) is 0 Å². The Hall–Kier alpha value is -1.17. The van der Waals surface area contributed by atoms with E-state index >= 15 is 0 Å². The fourth-order valence-corrected chi connectivity index (χ4v) is 5.94. The molecule has 1 aromatic heterocycles. The number of thiophene rings is 1. The van der Waals surface area contributed by atoms with Gasteiger partial charge < -0.3 is 0 Å². The molecule has 0 aliphatic heterocycles. The fraction of sp³-hybridized carbons (Fsp3) is 0.444. The normalized spacial score (nSPS) is 16.5. The maximum atomic E-state index is 13.1. The van der Waals surface area contributed by atoms with Crippen LogP contribution in [0.5, 0.6) is 0 Å². The molecule has 0 radical (unpaired) electrons. The maximum Gasteiger partial charge on any atom is 0.241 e. The van der Waals surface area contributed by atoms with Crippen molar-refractivity contribution < 1.29 is 8.42 Å². The Morgan fingerprint density at radius 2 is 1.74 bits per heavy atom. The van der Waals surface area contributed by atoms with E-state index in [1.807, 2.05) is 45.2 Å². The fourth-order valence-electron chi connectivity index (χ4n) is 3.09. The second kappa shape index (κ2) is 6.04. The molecule has 1 saturated carbocycles. The summed E-state index contributed by atoms with van der Waals surface area (Å²) >= 11 is 1.62. The van der Waals surface area contributed by atoms with E-state index in [-0.39, 0.29) is 6.04 Å². The van der Waals surface area contributed by atoms with Crippen LogP contribution >= 0.6 is 11.3 Å². The number of nitrogens with one attached hydrogen (secondary N) is 1. The van der Waals surface area contributed by atoms with Gasteiger partial charge in [0.2, 0.25) is 10.0 Å². The molecule has 124 valence electrons. The summed E-state index contributed by atoms with van der Waals surface area (Å²) in [4.78, 5) is 1.56. The molecule has 0 amide bonds. The van der Waals surface area contributed by atoms with Gasteiger partial charge in [0, 0.05) is 4.88 Å². The zero-order valence-corrected chi connectivity index (χ0v) is 15.6. The first kappa shape index (κ1) is 16.7. The zero-order chi connectivity index (χ0) is 16.8. The van der Waals surface area contributed by atoms with Crippen molar-refractivity contribution in [2.75, 3.05) is 0 Å². The van der Waals surface area contributed by atoms with Crippen LogP contribution in [0, 0.1) is 33.6 Å². The molecule has 1 aromatic carbocycles. The van der Waals surface area contributed by atoms with Gasteiger partial charge in [0.25, 0.3) is 0 Å². The van der Waals surface area contributed by atoms with E-state index in [0.29, 0.717) is 10.8 Å². The summed E-state index contributed by atoms with van der Waals surface area (Å²) in [6.07, 6.45) is 2.19. The lowest BCUT2D eigenvalue weighted by atomic mass is 10.0. The molecule has 0 spiro atoms. The van der Waals surface area contributed by atoms with E-state index in [1.165, 1.54) is 0 Å². The Bertz CT molecular complexity index is 793. The summed E-state index contributed by atoms with van der Waals surface area (Å²) in [5, 5.41) is 2.01. The van der Waals surface area contributed by atoms with Crippen LogP contribution in [-0.4, -0.2) is 8.42 Å². The minimum atomic E-state index is -3.54. The molecule has 1 aliphatic carbocycles. The summed E-state index contributed by atoms with van der Waals surface area (Å²) in [7, 11) is -3.54. The van der Waals surface area contributed by atoms with Crippen LogP contribution < -0.4 is 4.72 Å². The first-order valence-electron chi connectivity index (χ1n) is 7.94. The van der Waals surface area contributed by atoms with Crippen molar-refractivity contribution in [2.24, 2.45) is 5.92 Å². The van der Waals surface area contributed by atoms with E-state index < -0.39 is 10.0 Å². The number of hydrogen-bond acceptors (Lipinski definition) is 3. The van der Waals surface area contributed by atoms with E-state index in [2.05, 4.69) is 10.8 Å². The van der Waals surface area contributed by atoms with Crippen molar-refractivity contribution in [1.82, 2.24) is 4.72 Å². The molecule has 2 aromatic rings. The Labute approximate surface area is 142 Å². The highest BCUT2D eigenvalue weighted by atomic mass is 32.2. The molecule has 1 atom stereocenters. The second-order valence-corrected chi connectivity index (χ2v) is 9.17. The van der Waals surface area contributed by atoms with Crippen LogP contribution in [0.4, 0.5) is 0 Å². The number of aryl methyl sites for hydroxylation is 2. The largest absolute Gasteiger partial charge is 0.241 e. The van der Waals surface area contributed by atoms with Crippen molar-refractivity contribution >= 4 is 21.4 Å². The van der Waals surface area contributed by atoms with Gasteiger partial charge in [-0.2, -0.15) is 0 Å². The van der Waals surface area contributed by atoms with Gasteiger partial charge in [-0.25, -0.2) is 13.1 Å². The topological polar surface area (TPSA) is 46.2 Å². The molecule has 3 rings (SSSR count). The van der Waals surface area contributed by atoms with E-state index in [1.54, 1.807) is 11.3 Å². The highest BCUT2D eigenvalue weighted by Gasteiger charge is 2.36. The molecular formula is C18H23NO2S2. The van der Waals surface area contributed by atoms with Crippen LogP contribution in [0.15, 0.2) is 28.5 Å². The Morgan fingerprint density at radius 3 is 2.22 bits per heavy atom. The average Bonchev–Trinajstić information content (AvgIpc) is 3.17. The number of rotatable bonds is 5. The minimum Gasteiger partial charge on any atom is -0.207 e. The molecule has 0 saturated heterocycles. The van der Waals surface area contributed by atoms with Crippen LogP contribution in [-0.2, 0) is 10.0 Å². The maximum absolute atomic E-state index is 13.1. The van der Waals surface area contributed by atoms with Gasteiger partial charge >= 0.3 is 0 Å². The lowest BCUT2D eigenvalue weighted by Gasteiger charge is -2.21.